The van der Waals surface area contributed by atoms with E-state index in [1.807, 2.05) is 6.07 Å². The minimum atomic E-state index is 0.0444. The number of halogens is 1. The minimum Gasteiger partial charge on any atom is -0.383 e. The van der Waals surface area contributed by atoms with E-state index in [9.17, 15) is 4.79 Å². The van der Waals surface area contributed by atoms with Gasteiger partial charge in [0.15, 0.2) is 0 Å². The third kappa shape index (κ3) is 7.18. The fraction of sp³-hybridized carbons (Fsp3) is 0.800. The molecule has 0 aromatic carbocycles. The monoisotopic (exact) mass is 232 g/mol. The second-order valence-electron chi connectivity index (χ2n) is 3.07. The predicted octanol–water partition coefficient (Wildman–Crippen LogP) is 1.39. The maximum Gasteiger partial charge on any atom is 0.222 e. The summed E-state index contributed by atoms with van der Waals surface area (Å²) in [6.45, 7) is 1.51. The molecule has 0 N–H and O–H groups in total. The topological polar surface area (TPSA) is 53.3 Å². The molecule has 86 valence electrons. The standard InChI is InChI=1S/C10H17ClN2O2/c1-15-9-8-13(7-3-6-12)10(14)4-2-5-11/h2-5,7-9H2,1H3. The van der Waals surface area contributed by atoms with Crippen molar-refractivity contribution in [3.8, 4) is 6.07 Å². The molecule has 0 fully saturated rings. The molecule has 0 radical (unpaired) electrons. The van der Waals surface area contributed by atoms with Gasteiger partial charge in [0, 0.05) is 32.5 Å². The average Bonchev–Trinajstić information content (AvgIpc) is 2.26. The van der Waals surface area contributed by atoms with Crippen molar-refractivity contribution in [1.29, 1.82) is 5.26 Å². The quantitative estimate of drug-likeness (QED) is 0.595. The molecule has 0 rings (SSSR count). The van der Waals surface area contributed by atoms with Crippen LogP contribution in [0.3, 0.4) is 0 Å². The van der Waals surface area contributed by atoms with Gasteiger partial charge in [-0.3, -0.25) is 4.79 Å². The Hall–Kier alpha value is -0.790. The molecule has 1 amide bonds. The van der Waals surface area contributed by atoms with Crippen LogP contribution in [-0.2, 0) is 9.53 Å². The Morgan fingerprint density at radius 1 is 1.53 bits per heavy atom. The van der Waals surface area contributed by atoms with Crippen LogP contribution in [0.5, 0.6) is 0 Å². The number of amides is 1. The smallest absolute Gasteiger partial charge is 0.222 e. The highest BCUT2D eigenvalue weighted by Crippen LogP contribution is 2.00. The highest BCUT2D eigenvalue weighted by molar-refractivity contribution is 6.17. The van der Waals surface area contributed by atoms with Crippen LogP contribution in [0.2, 0.25) is 0 Å². The number of methoxy groups -OCH3 is 1. The summed E-state index contributed by atoms with van der Waals surface area (Å²) in [5.41, 5.74) is 0. The van der Waals surface area contributed by atoms with Crippen LogP contribution in [-0.4, -0.2) is 43.5 Å². The Labute approximate surface area is 95.8 Å². The van der Waals surface area contributed by atoms with E-state index in [0.717, 1.165) is 0 Å². The largest absolute Gasteiger partial charge is 0.383 e. The molecule has 0 unspecified atom stereocenters. The highest BCUT2D eigenvalue weighted by atomic mass is 35.5. The zero-order valence-electron chi connectivity index (χ0n) is 9.04. The lowest BCUT2D eigenvalue weighted by Crippen LogP contribution is -2.34. The lowest BCUT2D eigenvalue weighted by atomic mass is 10.3. The summed E-state index contributed by atoms with van der Waals surface area (Å²) < 4.78 is 4.90. The van der Waals surface area contributed by atoms with Crippen molar-refractivity contribution in [2.24, 2.45) is 0 Å². The van der Waals surface area contributed by atoms with E-state index in [-0.39, 0.29) is 5.91 Å². The first-order valence-corrected chi connectivity index (χ1v) is 5.49. The van der Waals surface area contributed by atoms with Crippen molar-refractivity contribution >= 4 is 17.5 Å². The lowest BCUT2D eigenvalue weighted by Gasteiger charge is -2.20. The van der Waals surface area contributed by atoms with E-state index in [1.54, 1.807) is 12.0 Å². The van der Waals surface area contributed by atoms with Crippen LogP contribution in [0.25, 0.3) is 0 Å². The third-order valence-corrected chi connectivity index (χ3v) is 2.20. The van der Waals surface area contributed by atoms with Crippen LogP contribution >= 0.6 is 11.6 Å². The molecule has 0 atom stereocenters. The Morgan fingerprint density at radius 2 is 2.27 bits per heavy atom. The van der Waals surface area contributed by atoms with Crippen LogP contribution < -0.4 is 0 Å². The van der Waals surface area contributed by atoms with Crippen molar-refractivity contribution in [2.75, 3.05) is 32.7 Å². The van der Waals surface area contributed by atoms with Gasteiger partial charge in [-0.25, -0.2) is 0 Å². The van der Waals surface area contributed by atoms with Crippen molar-refractivity contribution < 1.29 is 9.53 Å². The van der Waals surface area contributed by atoms with E-state index < -0.39 is 0 Å². The van der Waals surface area contributed by atoms with Gasteiger partial charge < -0.3 is 9.64 Å². The second-order valence-corrected chi connectivity index (χ2v) is 3.45. The molecular formula is C10H17ClN2O2. The van der Waals surface area contributed by atoms with E-state index in [0.29, 0.717) is 44.8 Å². The lowest BCUT2D eigenvalue weighted by molar-refractivity contribution is -0.131. The number of rotatable bonds is 8. The summed E-state index contributed by atoms with van der Waals surface area (Å²) in [6.07, 6.45) is 1.48. The number of ether oxygens (including phenoxy) is 1. The van der Waals surface area contributed by atoms with Crippen molar-refractivity contribution in [2.45, 2.75) is 19.3 Å². The number of carbonyl (C=O) groups excluding carboxylic acids is 1. The first kappa shape index (κ1) is 14.2. The van der Waals surface area contributed by atoms with Gasteiger partial charge >= 0.3 is 0 Å². The normalized spacial score (nSPS) is 9.67. The number of hydrogen-bond donors (Lipinski definition) is 0. The van der Waals surface area contributed by atoms with Gasteiger partial charge in [0.25, 0.3) is 0 Å². The van der Waals surface area contributed by atoms with Gasteiger partial charge in [0.05, 0.1) is 19.1 Å². The van der Waals surface area contributed by atoms with Gasteiger partial charge in [-0.1, -0.05) is 0 Å². The molecular weight excluding hydrogens is 216 g/mol. The Kier molecular flexibility index (Phi) is 9.24. The molecule has 0 heterocycles. The maximum atomic E-state index is 11.6. The third-order valence-electron chi connectivity index (χ3n) is 1.94. The zero-order chi connectivity index (χ0) is 11.5. The fourth-order valence-corrected chi connectivity index (χ4v) is 1.26. The summed E-state index contributed by atoms with van der Waals surface area (Å²) in [5.74, 6) is 0.533. The van der Waals surface area contributed by atoms with Crippen LogP contribution in [0, 0.1) is 11.3 Å². The molecule has 0 spiro atoms. The first-order valence-electron chi connectivity index (χ1n) is 4.96. The first-order chi connectivity index (χ1) is 7.26. The van der Waals surface area contributed by atoms with Gasteiger partial charge in [-0.05, 0) is 6.42 Å². The summed E-state index contributed by atoms with van der Waals surface area (Å²) in [6, 6.07) is 2.02. The zero-order valence-corrected chi connectivity index (χ0v) is 9.79. The molecule has 0 saturated carbocycles. The molecule has 0 aliphatic heterocycles. The summed E-state index contributed by atoms with van der Waals surface area (Å²) in [7, 11) is 1.59. The molecule has 0 aromatic rings. The molecule has 0 aliphatic rings. The van der Waals surface area contributed by atoms with Gasteiger partial charge in [-0.15, -0.1) is 11.6 Å². The van der Waals surface area contributed by atoms with Crippen molar-refractivity contribution in [1.82, 2.24) is 4.90 Å². The van der Waals surface area contributed by atoms with Crippen molar-refractivity contribution in [3.05, 3.63) is 0 Å². The predicted molar refractivity (Wildman–Crippen MR) is 58.6 cm³/mol. The number of nitriles is 1. The SMILES string of the molecule is COCCN(CCC#N)C(=O)CCCCl. The van der Waals surface area contributed by atoms with Crippen LogP contribution in [0.1, 0.15) is 19.3 Å². The maximum absolute atomic E-state index is 11.6. The molecule has 0 aliphatic carbocycles. The van der Waals surface area contributed by atoms with Gasteiger partial charge in [-0.2, -0.15) is 5.26 Å². The summed E-state index contributed by atoms with van der Waals surface area (Å²) in [4.78, 5) is 13.3. The molecule has 0 saturated heterocycles. The van der Waals surface area contributed by atoms with E-state index >= 15 is 0 Å². The van der Waals surface area contributed by atoms with E-state index in [1.165, 1.54) is 0 Å². The fourth-order valence-electron chi connectivity index (χ4n) is 1.12. The number of carbonyl (C=O) groups is 1. The Bertz CT molecular complexity index is 216. The Morgan fingerprint density at radius 3 is 2.80 bits per heavy atom. The summed E-state index contributed by atoms with van der Waals surface area (Å²) in [5, 5.41) is 8.46. The molecule has 15 heavy (non-hydrogen) atoms. The average molecular weight is 233 g/mol. The van der Waals surface area contributed by atoms with Gasteiger partial charge in [0.2, 0.25) is 5.91 Å². The molecule has 5 heteroatoms. The minimum absolute atomic E-state index is 0.0444. The second kappa shape index (κ2) is 9.75. The Balaban J connectivity index is 3.97. The van der Waals surface area contributed by atoms with Crippen molar-refractivity contribution in [3.63, 3.8) is 0 Å². The number of nitrogens with zero attached hydrogens (tertiary/aromatic N) is 2. The van der Waals surface area contributed by atoms with E-state index in [2.05, 4.69) is 0 Å². The van der Waals surface area contributed by atoms with Crippen LogP contribution in [0.4, 0.5) is 0 Å². The number of hydrogen-bond acceptors (Lipinski definition) is 3. The molecule has 0 bridgehead atoms. The highest BCUT2D eigenvalue weighted by Gasteiger charge is 2.11. The number of alkyl halides is 1. The summed E-state index contributed by atoms with van der Waals surface area (Å²) >= 11 is 5.51. The van der Waals surface area contributed by atoms with Gasteiger partial charge in [0.1, 0.15) is 0 Å². The molecule has 4 nitrogen and oxygen atoms in total. The molecule has 0 aromatic heterocycles. The van der Waals surface area contributed by atoms with E-state index in [4.69, 9.17) is 21.6 Å². The van der Waals surface area contributed by atoms with Crippen LogP contribution in [0.15, 0.2) is 0 Å².